The number of imide groups is 1. The van der Waals surface area contributed by atoms with Gasteiger partial charge in [0.2, 0.25) is 17.7 Å². The summed E-state index contributed by atoms with van der Waals surface area (Å²) in [5.41, 5.74) is 3.21. The van der Waals surface area contributed by atoms with Crippen LogP contribution in [0.4, 0.5) is 5.69 Å². The summed E-state index contributed by atoms with van der Waals surface area (Å²) in [6, 6.07) is 18.6. The lowest BCUT2D eigenvalue weighted by molar-refractivity contribution is -0.146. The topological polar surface area (TPSA) is 84.9 Å². The number of likely N-dealkylation sites (tertiary alicyclic amines) is 1. The van der Waals surface area contributed by atoms with Crippen LogP contribution >= 0.6 is 23.2 Å². The normalized spacial score (nSPS) is 27.3. The van der Waals surface area contributed by atoms with E-state index in [9.17, 15) is 14.4 Å². The van der Waals surface area contributed by atoms with Crippen molar-refractivity contribution in [3.8, 4) is 11.5 Å². The number of nitrogens with one attached hydrogen (secondary N) is 1. The van der Waals surface area contributed by atoms with Crippen LogP contribution in [0.3, 0.4) is 0 Å². The van der Waals surface area contributed by atoms with Crippen molar-refractivity contribution in [2.75, 3.05) is 19.5 Å². The average molecular weight is 551 g/mol. The summed E-state index contributed by atoms with van der Waals surface area (Å²) in [7, 11) is 2.99. The maximum Gasteiger partial charge on any atom is 0.247 e. The quantitative estimate of drug-likeness (QED) is 0.370. The molecule has 2 bridgehead atoms. The Labute approximate surface area is 229 Å². The number of ether oxygens (including phenoxy) is 2. The van der Waals surface area contributed by atoms with Crippen molar-refractivity contribution in [1.82, 2.24) is 4.90 Å². The van der Waals surface area contributed by atoms with Crippen molar-refractivity contribution in [3.05, 3.63) is 89.0 Å². The monoisotopic (exact) mass is 550 g/mol. The van der Waals surface area contributed by atoms with E-state index < -0.39 is 45.3 Å². The zero-order chi connectivity index (χ0) is 27.0. The molecule has 9 heteroatoms. The predicted octanol–water partition coefficient (Wildman–Crippen LogP) is 4.62. The second kappa shape index (κ2) is 8.48. The SMILES string of the molecule is COc1ccc(NC(=O)[C@H](C)N2C(=O)[C@@H]3[C@H](C2=O)C2(Cl)c4ccccc4C3(Cl)c3ccccc32)c(OC)c1. The van der Waals surface area contributed by atoms with E-state index in [-0.39, 0.29) is 0 Å². The van der Waals surface area contributed by atoms with Gasteiger partial charge in [0, 0.05) is 6.07 Å². The van der Waals surface area contributed by atoms with E-state index in [0.29, 0.717) is 39.4 Å². The molecule has 1 aliphatic heterocycles. The smallest absolute Gasteiger partial charge is 0.247 e. The molecule has 1 saturated heterocycles. The Bertz CT molecular complexity index is 1400. The number of hydrogen-bond donors (Lipinski definition) is 1. The van der Waals surface area contributed by atoms with Gasteiger partial charge in [-0.1, -0.05) is 48.5 Å². The highest BCUT2D eigenvalue weighted by molar-refractivity contribution is 6.36. The van der Waals surface area contributed by atoms with Crippen molar-refractivity contribution >= 4 is 46.6 Å². The molecule has 7 rings (SSSR count). The molecule has 0 unspecified atom stereocenters. The van der Waals surface area contributed by atoms with Crippen LogP contribution in [0.1, 0.15) is 29.2 Å². The minimum Gasteiger partial charge on any atom is -0.497 e. The van der Waals surface area contributed by atoms with Gasteiger partial charge in [0.15, 0.2) is 0 Å². The molecule has 3 amide bonds. The number of nitrogens with zero attached hydrogens (tertiary/aromatic N) is 1. The standard InChI is InChI=1S/C29H24Cl2N2O5/c1-15(25(34)32-21-13-12-16(37-2)14-22(21)38-3)33-26(35)23-24(27(33)36)29(31)18-9-5-4-8-17(18)28(23,30)19-10-6-7-11-20(19)29/h4-15,23-24H,1-3H3,(H,32,34)/t15-,23-,24+,28?,29?/m0/s1. The molecule has 7 nitrogen and oxygen atoms in total. The van der Waals surface area contributed by atoms with Gasteiger partial charge in [-0.2, -0.15) is 0 Å². The summed E-state index contributed by atoms with van der Waals surface area (Å²) < 4.78 is 10.6. The van der Waals surface area contributed by atoms with Crippen molar-refractivity contribution in [3.63, 3.8) is 0 Å². The minimum atomic E-state index is -1.30. The van der Waals surface area contributed by atoms with Crippen molar-refractivity contribution in [2.24, 2.45) is 11.8 Å². The van der Waals surface area contributed by atoms with Crippen LogP contribution in [-0.2, 0) is 24.1 Å². The fourth-order valence-corrected chi connectivity index (χ4v) is 7.42. The highest BCUT2D eigenvalue weighted by Gasteiger charge is 2.73. The number of halogens is 2. The lowest BCUT2D eigenvalue weighted by atomic mass is 9.54. The Morgan fingerprint density at radius 1 is 0.842 bits per heavy atom. The predicted molar refractivity (Wildman–Crippen MR) is 143 cm³/mol. The zero-order valence-corrected chi connectivity index (χ0v) is 22.3. The first-order valence-electron chi connectivity index (χ1n) is 12.2. The van der Waals surface area contributed by atoms with E-state index in [0.717, 1.165) is 4.90 Å². The fraction of sp³-hybridized carbons (Fsp3) is 0.276. The van der Waals surface area contributed by atoms with Crippen LogP contribution in [0.5, 0.6) is 11.5 Å². The number of methoxy groups -OCH3 is 2. The lowest BCUT2D eigenvalue weighted by Crippen LogP contribution is -2.57. The van der Waals surface area contributed by atoms with Crippen molar-refractivity contribution in [2.45, 2.75) is 22.7 Å². The van der Waals surface area contributed by atoms with Gasteiger partial charge in [-0.3, -0.25) is 19.3 Å². The molecule has 3 aromatic carbocycles. The average Bonchev–Trinajstić information content (AvgIpc) is 3.22. The van der Waals surface area contributed by atoms with Gasteiger partial charge in [-0.05, 0) is 41.3 Å². The number of amides is 3. The summed E-state index contributed by atoms with van der Waals surface area (Å²) in [6.07, 6.45) is 0. The van der Waals surface area contributed by atoms with Crippen molar-refractivity contribution < 1.29 is 23.9 Å². The largest absolute Gasteiger partial charge is 0.497 e. The van der Waals surface area contributed by atoms with Crippen LogP contribution < -0.4 is 14.8 Å². The van der Waals surface area contributed by atoms with E-state index in [1.54, 1.807) is 18.2 Å². The molecule has 1 fully saturated rings. The molecule has 1 heterocycles. The van der Waals surface area contributed by atoms with Gasteiger partial charge in [0.1, 0.15) is 27.3 Å². The second-order valence-corrected chi connectivity index (χ2v) is 10.9. The molecule has 194 valence electrons. The molecular formula is C29H24Cl2N2O5. The number of benzene rings is 3. The number of alkyl halides is 2. The van der Waals surface area contributed by atoms with Crippen LogP contribution in [-0.4, -0.2) is 42.9 Å². The third-order valence-electron chi connectivity index (χ3n) is 8.05. The van der Waals surface area contributed by atoms with E-state index >= 15 is 0 Å². The molecule has 38 heavy (non-hydrogen) atoms. The van der Waals surface area contributed by atoms with Gasteiger partial charge in [0.05, 0.1) is 31.7 Å². The van der Waals surface area contributed by atoms with Gasteiger partial charge >= 0.3 is 0 Å². The van der Waals surface area contributed by atoms with E-state index in [1.807, 2.05) is 48.5 Å². The van der Waals surface area contributed by atoms with Crippen LogP contribution in [0.15, 0.2) is 66.7 Å². The van der Waals surface area contributed by atoms with E-state index in [1.165, 1.54) is 21.1 Å². The van der Waals surface area contributed by atoms with Gasteiger partial charge in [-0.25, -0.2) is 0 Å². The lowest BCUT2D eigenvalue weighted by Gasteiger charge is -2.54. The molecule has 0 saturated carbocycles. The number of hydrogen-bond acceptors (Lipinski definition) is 5. The molecule has 0 spiro atoms. The summed E-state index contributed by atoms with van der Waals surface area (Å²) >= 11 is 14.9. The Balaban J connectivity index is 1.41. The second-order valence-electron chi connectivity index (χ2n) is 9.75. The molecule has 3 aliphatic carbocycles. The van der Waals surface area contributed by atoms with Gasteiger partial charge in [0.25, 0.3) is 0 Å². The van der Waals surface area contributed by atoms with E-state index in [4.69, 9.17) is 32.7 Å². The zero-order valence-electron chi connectivity index (χ0n) is 20.8. The summed E-state index contributed by atoms with van der Waals surface area (Å²) in [5.74, 6) is -2.60. The highest BCUT2D eigenvalue weighted by atomic mass is 35.5. The Hall–Kier alpha value is -3.55. The van der Waals surface area contributed by atoms with Crippen LogP contribution in [0, 0.1) is 11.8 Å². The third-order valence-corrected chi connectivity index (χ3v) is 9.34. The molecule has 4 aliphatic rings. The van der Waals surface area contributed by atoms with Gasteiger partial charge in [-0.15, -0.1) is 23.2 Å². The highest BCUT2D eigenvalue weighted by Crippen LogP contribution is 2.69. The Morgan fingerprint density at radius 3 is 1.74 bits per heavy atom. The Kier molecular flexibility index (Phi) is 5.53. The first-order chi connectivity index (χ1) is 18.2. The molecular weight excluding hydrogens is 527 g/mol. The molecule has 1 N–H and O–H groups in total. The van der Waals surface area contributed by atoms with Crippen molar-refractivity contribution in [1.29, 1.82) is 0 Å². The maximum absolute atomic E-state index is 14.1. The molecule has 0 radical (unpaired) electrons. The van der Waals surface area contributed by atoms with Crippen LogP contribution in [0.25, 0.3) is 0 Å². The number of anilines is 1. The fourth-order valence-electron chi connectivity index (χ4n) is 6.33. The van der Waals surface area contributed by atoms with Crippen LogP contribution in [0.2, 0.25) is 0 Å². The van der Waals surface area contributed by atoms with Gasteiger partial charge < -0.3 is 14.8 Å². The number of rotatable bonds is 5. The molecule has 0 aromatic heterocycles. The Morgan fingerprint density at radius 2 is 1.32 bits per heavy atom. The third kappa shape index (κ3) is 3.00. The minimum absolute atomic E-state index is 0.376. The maximum atomic E-state index is 14.1. The molecule has 3 aromatic rings. The first-order valence-corrected chi connectivity index (χ1v) is 12.9. The number of carbonyl (C=O) groups excluding carboxylic acids is 3. The molecule has 3 atom stereocenters. The number of carbonyl (C=O) groups is 3. The summed E-state index contributed by atoms with van der Waals surface area (Å²) in [4.78, 5) is 39.9. The summed E-state index contributed by atoms with van der Waals surface area (Å²) in [5, 5.41) is 2.77. The first kappa shape index (κ1) is 24.8. The summed E-state index contributed by atoms with van der Waals surface area (Å²) in [6.45, 7) is 1.52. The van der Waals surface area contributed by atoms with E-state index in [2.05, 4.69) is 5.32 Å².